The van der Waals surface area contributed by atoms with E-state index in [2.05, 4.69) is 16.0 Å². The van der Waals surface area contributed by atoms with Crippen LogP contribution in [0.1, 0.15) is 27.0 Å². The van der Waals surface area contributed by atoms with Crippen LogP contribution < -0.4 is 16.0 Å². The fourth-order valence-electron chi connectivity index (χ4n) is 2.43. The van der Waals surface area contributed by atoms with E-state index in [-0.39, 0.29) is 0 Å². The fraction of sp³-hybridized carbons (Fsp3) is 0.238. The number of imide groups is 1. The van der Waals surface area contributed by atoms with Crippen molar-refractivity contribution >= 4 is 29.5 Å². The first-order valence-corrected chi connectivity index (χ1v) is 8.93. The molecule has 8 heteroatoms. The zero-order valence-electron chi connectivity index (χ0n) is 16.5. The molecule has 2 aromatic rings. The third-order valence-corrected chi connectivity index (χ3v) is 3.95. The Balaban J connectivity index is 1.71. The Morgan fingerprint density at radius 3 is 2.21 bits per heavy atom. The molecule has 0 radical (unpaired) electrons. The zero-order valence-corrected chi connectivity index (χ0v) is 16.5. The molecule has 0 heterocycles. The smallest absolute Gasteiger partial charge is 0.325 e. The van der Waals surface area contributed by atoms with Crippen molar-refractivity contribution in [1.82, 2.24) is 10.6 Å². The minimum absolute atomic E-state index is 0.394. The van der Waals surface area contributed by atoms with Crippen LogP contribution in [0.5, 0.6) is 0 Å². The van der Waals surface area contributed by atoms with Crippen molar-refractivity contribution in [1.29, 1.82) is 0 Å². The second kappa shape index (κ2) is 10.0. The summed E-state index contributed by atoms with van der Waals surface area (Å²) >= 11 is 0. The predicted octanol–water partition coefficient (Wildman–Crippen LogP) is 2.23. The van der Waals surface area contributed by atoms with Crippen LogP contribution in [0.25, 0.3) is 0 Å². The minimum atomic E-state index is -0.796. The topological polar surface area (TPSA) is 114 Å². The molecule has 8 nitrogen and oxygen atoms in total. The van der Waals surface area contributed by atoms with Crippen LogP contribution in [0.4, 0.5) is 10.5 Å². The van der Waals surface area contributed by atoms with Gasteiger partial charge in [-0.05, 0) is 44.5 Å². The number of aryl methyl sites for hydroxylation is 3. The summed E-state index contributed by atoms with van der Waals surface area (Å²) in [5.41, 5.74) is 3.88. The molecule has 152 valence electrons. The van der Waals surface area contributed by atoms with Crippen molar-refractivity contribution in [3.8, 4) is 0 Å². The van der Waals surface area contributed by atoms with E-state index in [4.69, 9.17) is 4.74 Å². The van der Waals surface area contributed by atoms with E-state index < -0.39 is 37.0 Å². The molecule has 0 aliphatic rings. The number of hydrogen-bond acceptors (Lipinski definition) is 5. The molecular weight excluding hydrogens is 374 g/mol. The minimum Gasteiger partial charge on any atom is -0.454 e. The highest BCUT2D eigenvalue weighted by Gasteiger charge is 2.13. The highest BCUT2D eigenvalue weighted by molar-refractivity contribution is 6.02. The summed E-state index contributed by atoms with van der Waals surface area (Å²) in [7, 11) is 0. The molecule has 29 heavy (non-hydrogen) atoms. The van der Waals surface area contributed by atoms with Crippen LogP contribution in [0, 0.1) is 20.8 Å². The predicted molar refractivity (Wildman–Crippen MR) is 108 cm³/mol. The van der Waals surface area contributed by atoms with Crippen molar-refractivity contribution in [2.75, 3.05) is 18.5 Å². The molecule has 0 atom stereocenters. The molecule has 0 saturated carbocycles. The van der Waals surface area contributed by atoms with Gasteiger partial charge in [-0.3, -0.25) is 19.7 Å². The number of esters is 1. The van der Waals surface area contributed by atoms with Crippen molar-refractivity contribution in [2.45, 2.75) is 20.8 Å². The molecule has 0 aliphatic heterocycles. The first kappa shape index (κ1) is 21.6. The molecule has 0 saturated heterocycles. The van der Waals surface area contributed by atoms with Gasteiger partial charge >= 0.3 is 12.0 Å². The highest BCUT2D eigenvalue weighted by atomic mass is 16.5. The molecule has 2 aromatic carbocycles. The SMILES string of the molecule is Cc1ccc(C(=O)NCC(=O)OCC(=O)NC(=O)Nc2ccc(C)cc2C)cc1. The molecule has 0 unspecified atom stereocenters. The summed E-state index contributed by atoms with van der Waals surface area (Å²) in [5, 5.41) is 7.02. The summed E-state index contributed by atoms with van der Waals surface area (Å²) in [6, 6.07) is 11.6. The lowest BCUT2D eigenvalue weighted by Gasteiger charge is -2.10. The van der Waals surface area contributed by atoms with Crippen LogP contribution in [-0.2, 0) is 14.3 Å². The number of rotatable bonds is 6. The Hall–Kier alpha value is -3.68. The Morgan fingerprint density at radius 2 is 1.55 bits per heavy atom. The number of benzene rings is 2. The Labute approximate surface area is 168 Å². The van der Waals surface area contributed by atoms with Gasteiger partial charge in [0.1, 0.15) is 6.54 Å². The number of ether oxygens (including phenoxy) is 1. The van der Waals surface area contributed by atoms with Crippen LogP contribution >= 0.6 is 0 Å². The normalized spacial score (nSPS) is 10.0. The van der Waals surface area contributed by atoms with Gasteiger partial charge in [0, 0.05) is 11.3 Å². The number of hydrogen-bond donors (Lipinski definition) is 3. The van der Waals surface area contributed by atoms with Gasteiger partial charge in [0.05, 0.1) is 0 Å². The molecule has 0 aromatic heterocycles. The number of carbonyl (C=O) groups excluding carboxylic acids is 4. The lowest BCUT2D eigenvalue weighted by atomic mass is 10.1. The van der Waals surface area contributed by atoms with Crippen LogP contribution in [0.3, 0.4) is 0 Å². The Morgan fingerprint density at radius 1 is 0.897 bits per heavy atom. The van der Waals surface area contributed by atoms with Gasteiger partial charge in [0.2, 0.25) is 0 Å². The summed E-state index contributed by atoms with van der Waals surface area (Å²) < 4.78 is 4.75. The van der Waals surface area contributed by atoms with E-state index in [0.29, 0.717) is 11.3 Å². The molecule has 0 aliphatic carbocycles. The maximum absolute atomic E-state index is 11.9. The second-order valence-corrected chi connectivity index (χ2v) is 6.53. The number of carbonyl (C=O) groups is 4. The quantitative estimate of drug-likeness (QED) is 0.647. The summed E-state index contributed by atoms with van der Waals surface area (Å²) in [5.74, 6) is -2.01. The van der Waals surface area contributed by atoms with Gasteiger partial charge in [-0.15, -0.1) is 0 Å². The lowest BCUT2D eigenvalue weighted by molar-refractivity contribution is -0.147. The fourth-order valence-corrected chi connectivity index (χ4v) is 2.43. The van der Waals surface area contributed by atoms with E-state index >= 15 is 0 Å². The second-order valence-electron chi connectivity index (χ2n) is 6.53. The van der Waals surface area contributed by atoms with Gasteiger partial charge < -0.3 is 15.4 Å². The Bertz CT molecular complexity index is 922. The number of anilines is 1. The van der Waals surface area contributed by atoms with Crippen molar-refractivity contribution in [3.63, 3.8) is 0 Å². The molecular formula is C21H23N3O5. The maximum atomic E-state index is 11.9. The molecule has 0 spiro atoms. The van der Waals surface area contributed by atoms with Crippen molar-refractivity contribution in [3.05, 3.63) is 64.7 Å². The van der Waals surface area contributed by atoms with Crippen LogP contribution in [0.2, 0.25) is 0 Å². The van der Waals surface area contributed by atoms with Crippen LogP contribution in [-0.4, -0.2) is 37.0 Å². The highest BCUT2D eigenvalue weighted by Crippen LogP contribution is 2.15. The standard InChI is InChI=1S/C21H23N3O5/c1-13-4-7-16(8-5-13)20(27)22-11-19(26)29-12-18(25)24-21(28)23-17-9-6-14(2)10-15(17)3/h4-10H,11-12H2,1-3H3,(H,22,27)(H2,23,24,25,28). The zero-order chi connectivity index (χ0) is 21.4. The number of urea groups is 1. The van der Waals surface area contributed by atoms with Gasteiger partial charge in [0.15, 0.2) is 6.61 Å². The van der Waals surface area contributed by atoms with Crippen molar-refractivity contribution in [2.24, 2.45) is 0 Å². The number of amides is 4. The molecule has 0 bridgehead atoms. The summed E-state index contributed by atoms with van der Waals surface area (Å²) in [6.07, 6.45) is 0. The summed E-state index contributed by atoms with van der Waals surface area (Å²) in [4.78, 5) is 47.2. The third kappa shape index (κ3) is 7.10. The summed E-state index contributed by atoms with van der Waals surface area (Å²) in [6.45, 7) is 4.62. The van der Waals surface area contributed by atoms with Gasteiger partial charge in [0.25, 0.3) is 11.8 Å². The average Bonchev–Trinajstić information content (AvgIpc) is 2.67. The molecule has 3 N–H and O–H groups in total. The first-order valence-electron chi connectivity index (χ1n) is 8.93. The number of nitrogens with one attached hydrogen (secondary N) is 3. The van der Waals surface area contributed by atoms with Gasteiger partial charge in [-0.1, -0.05) is 35.4 Å². The van der Waals surface area contributed by atoms with E-state index in [0.717, 1.165) is 16.7 Å². The lowest BCUT2D eigenvalue weighted by Crippen LogP contribution is -2.38. The average molecular weight is 397 g/mol. The molecule has 4 amide bonds. The van der Waals surface area contributed by atoms with Crippen molar-refractivity contribution < 1.29 is 23.9 Å². The van der Waals surface area contributed by atoms with E-state index in [1.54, 1.807) is 30.3 Å². The largest absolute Gasteiger partial charge is 0.454 e. The first-order chi connectivity index (χ1) is 13.7. The van der Waals surface area contributed by atoms with E-state index in [1.165, 1.54) is 0 Å². The monoisotopic (exact) mass is 397 g/mol. The molecule has 0 fully saturated rings. The van der Waals surface area contributed by atoms with Gasteiger partial charge in [-0.25, -0.2) is 4.79 Å². The maximum Gasteiger partial charge on any atom is 0.325 e. The Kier molecular flexibility index (Phi) is 7.47. The third-order valence-electron chi connectivity index (χ3n) is 3.95. The van der Waals surface area contributed by atoms with E-state index in [9.17, 15) is 19.2 Å². The molecule has 2 rings (SSSR count). The van der Waals surface area contributed by atoms with Crippen LogP contribution in [0.15, 0.2) is 42.5 Å². The van der Waals surface area contributed by atoms with E-state index in [1.807, 2.05) is 32.9 Å². The van der Waals surface area contributed by atoms with Gasteiger partial charge in [-0.2, -0.15) is 0 Å².